The van der Waals surface area contributed by atoms with Gasteiger partial charge in [0.05, 0.1) is 6.61 Å². The second kappa shape index (κ2) is 7.96. The van der Waals surface area contributed by atoms with Gasteiger partial charge in [0.1, 0.15) is 12.4 Å². The van der Waals surface area contributed by atoms with Gasteiger partial charge in [-0.2, -0.15) is 0 Å². The molecule has 0 bridgehead atoms. The molecule has 1 N–H and O–H groups in total. The molecule has 0 spiro atoms. The van der Waals surface area contributed by atoms with Gasteiger partial charge in [0.15, 0.2) is 5.78 Å². The summed E-state index contributed by atoms with van der Waals surface area (Å²) in [5, 5.41) is 8.68. The molecule has 3 nitrogen and oxygen atoms in total. The number of ether oxygens (including phenoxy) is 1. The Balaban J connectivity index is 1.89. The van der Waals surface area contributed by atoms with Gasteiger partial charge in [-0.1, -0.05) is 28.1 Å². The van der Waals surface area contributed by atoms with Crippen molar-refractivity contribution in [2.75, 3.05) is 13.2 Å². The number of rotatable bonds is 7. The third-order valence-corrected chi connectivity index (χ3v) is 3.62. The minimum absolute atomic E-state index is 0.0200. The third kappa shape index (κ3) is 4.99. The number of carbonyl (C=O) groups excluding carboxylic acids is 1. The largest absolute Gasteiger partial charge is 0.491 e. The van der Waals surface area contributed by atoms with Crippen LogP contribution in [0.25, 0.3) is 0 Å². The van der Waals surface area contributed by atoms with Crippen molar-refractivity contribution in [2.45, 2.75) is 12.8 Å². The summed E-state index contributed by atoms with van der Waals surface area (Å²) in [6.45, 7) is 0.241. The van der Waals surface area contributed by atoms with E-state index in [1.807, 2.05) is 24.3 Å². The number of aliphatic hydroxyl groups excluding tert-OH is 1. The molecule has 0 aliphatic heterocycles. The van der Waals surface area contributed by atoms with Crippen LogP contribution in [0.15, 0.2) is 53.0 Å². The van der Waals surface area contributed by atoms with E-state index in [2.05, 4.69) is 15.9 Å². The Morgan fingerprint density at radius 2 is 1.71 bits per heavy atom. The van der Waals surface area contributed by atoms with Gasteiger partial charge in [-0.3, -0.25) is 4.79 Å². The molecule has 0 unspecified atom stereocenters. The molecule has 0 saturated carbocycles. The Bertz CT molecular complexity index is 576. The van der Waals surface area contributed by atoms with Crippen LogP contribution in [0, 0.1) is 0 Å². The molecule has 2 rings (SSSR count). The molecule has 0 amide bonds. The van der Waals surface area contributed by atoms with Gasteiger partial charge in [0, 0.05) is 16.5 Å². The van der Waals surface area contributed by atoms with Crippen molar-refractivity contribution >= 4 is 21.7 Å². The summed E-state index contributed by atoms with van der Waals surface area (Å²) in [7, 11) is 0. The van der Waals surface area contributed by atoms with E-state index in [4.69, 9.17) is 9.84 Å². The summed E-state index contributed by atoms with van der Waals surface area (Å²) in [6.07, 6.45) is 1.22. The van der Waals surface area contributed by atoms with Gasteiger partial charge >= 0.3 is 0 Å². The molecule has 4 heteroatoms. The van der Waals surface area contributed by atoms with Gasteiger partial charge < -0.3 is 9.84 Å². The van der Waals surface area contributed by atoms with Crippen LogP contribution in [0.5, 0.6) is 5.75 Å². The Morgan fingerprint density at radius 3 is 2.33 bits per heavy atom. The summed E-state index contributed by atoms with van der Waals surface area (Å²) < 4.78 is 6.30. The maximum atomic E-state index is 12.1. The lowest BCUT2D eigenvalue weighted by molar-refractivity contribution is 0.0982. The van der Waals surface area contributed by atoms with E-state index < -0.39 is 0 Å². The quantitative estimate of drug-likeness (QED) is 0.777. The van der Waals surface area contributed by atoms with E-state index in [1.54, 1.807) is 24.3 Å². The van der Waals surface area contributed by atoms with E-state index in [0.29, 0.717) is 17.7 Å². The number of hydrogen-bond acceptors (Lipinski definition) is 3. The molecule has 21 heavy (non-hydrogen) atoms. The van der Waals surface area contributed by atoms with E-state index in [9.17, 15) is 4.79 Å². The monoisotopic (exact) mass is 348 g/mol. The van der Waals surface area contributed by atoms with Crippen LogP contribution in [0.2, 0.25) is 0 Å². The predicted molar refractivity (Wildman–Crippen MR) is 85.8 cm³/mol. The van der Waals surface area contributed by atoms with Crippen molar-refractivity contribution in [3.05, 3.63) is 64.1 Å². The van der Waals surface area contributed by atoms with Crippen molar-refractivity contribution < 1.29 is 14.6 Å². The first-order chi connectivity index (χ1) is 10.2. The van der Waals surface area contributed by atoms with Crippen LogP contribution >= 0.6 is 15.9 Å². The molecule has 0 atom stereocenters. The highest BCUT2D eigenvalue weighted by atomic mass is 79.9. The summed E-state index contributed by atoms with van der Waals surface area (Å²) >= 11 is 3.39. The van der Waals surface area contributed by atoms with Crippen LogP contribution < -0.4 is 4.74 Å². The van der Waals surface area contributed by atoms with E-state index >= 15 is 0 Å². The summed E-state index contributed by atoms with van der Waals surface area (Å²) in [5.74, 6) is 0.778. The molecule has 0 fully saturated rings. The SMILES string of the molecule is O=C(CCc1ccc(Br)cc1)c1ccc(OCCO)cc1. The smallest absolute Gasteiger partial charge is 0.163 e. The average Bonchev–Trinajstić information content (AvgIpc) is 2.52. The van der Waals surface area contributed by atoms with Crippen molar-refractivity contribution in [3.63, 3.8) is 0 Å². The topological polar surface area (TPSA) is 46.5 Å². The van der Waals surface area contributed by atoms with Crippen LogP contribution in [0.3, 0.4) is 0 Å². The van der Waals surface area contributed by atoms with Crippen molar-refractivity contribution in [2.24, 2.45) is 0 Å². The van der Waals surface area contributed by atoms with Crippen LogP contribution in [0.1, 0.15) is 22.3 Å². The molecule has 0 aromatic heterocycles. The first-order valence-electron chi connectivity index (χ1n) is 6.80. The minimum Gasteiger partial charge on any atom is -0.491 e. The highest BCUT2D eigenvalue weighted by Gasteiger charge is 2.06. The number of benzene rings is 2. The zero-order valence-corrected chi connectivity index (χ0v) is 13.2. The zero-order chi connectivity index (χ0) is 15.1. The standard InChI is InChI=1S/C17H17BrO3/c18-15-6-1-13(2-7-15)3-10-17(20)14-4-8-16(9-5-14)21-12-11-19/h1-2,4-9,19H,3,10-12H2. The highest BCUT2D eigenvalue weighted by molar-refractivity contribution is 9.10. The molecule has 0 radical (unpaired) electrons. The molecule has 0 aliphatic carbocycles. The summed E-state index contributed by atoms with van der Waals surface area (Å²) in [4.78, 5) is 12.1. The van der Waals surface area contributed by atoms with Crippen molar-refractivity contribution in [1.82, 2.24) is 0 Å². The highest BCUT2D eigenvalue weighted by Crippen LogP contribution is 2.16. The number of hydrogen-bond donors (Lipinski definition) is 1. The van der Waals surface area contributed by atoms with E-state index in [0.717, 1.165) is 16.5 Å². The summed E-state index contributed by atoms with van der Waals surface area (Å²) in [6, 6.07) is 15.0. The fourth-order valence-electron chi connectivity index (χ4n) is 1.95. The van der Waals surface area contributed by atoms with Gasteiger partial charge in [0.2, 0.25) is 0 Å². The first-order valence-corrected chi connectivity index (χ1v) is 7.59. The Kier molecular flexibility index (Phi) is 5.96. The lowest BCUT2D eigenvalue weighted by Gasteiger charge is -2.05. The van der Waals surface area contributed by atoms with Crippen LogP contribution in [0.4, 0.5) is 0 Å². The third-order valence-electron chi connectivity index (χ3n) is 3.09. The maximum Gasteiger partial charge on any atom is 0.163 e. The molecule has 110 valence electrons. The predicted octanol–water partition coefficient (Wildman–Crippen LogP) is 3.64. The molecule has 0 aliphatic rings. The Labute approximate surface area is 132 Å². The van der Waals surface area contributed by atoms with Gasteiger partial charge in [0.25, 0.3) is 0 Å². The Morgan fingerprint density at radius 1 is 1.05 bits per heavy atom. The van der Waals surface area contributed by atoms with Crippen LogP contribution in [-0.2, 0) is 6.42 Å². The normalized spacial score (nSPS) is 10.4. The molecule has 0 saturated heterocycles. The van der Waals surface area contributed by atoms with Gasteiger partial charge in [-0.05, 0) is 48.4 Å². The zero-order valence-electron chi connectivity index (χ0n) is 11.6. The second-order valence-corrected chi connectivity index (χ2v) is 5.56. The fourth-order valence-corrected chi connectivity index (χ4v) is 2.22. The maximum absolute atomic E-state index is 12.1. The molecule has 2 aromatic rings. The number of aliphatic hydroxyl groups is 1. The van der Waals surface area contributed by atoms with Gasteiger partial charge in [-0.25, -0.2) is 0 Å². The molecular weight excluding hydrogens is 332 g/mol. The van der Waals surface area contributed by atoms with Gasteiger partial charge in [-0.15, -0.1) is 0 Å². The average molecular weight is 349 g/mol. The molecule has 2 aromatic carbocycles. The van der Waals surface area contributed by atoms with Crippen LogP contribution in [-0.4, -0.2) is 24.1 Å². The number of aryl methyl sites for hydroxylation is 1. The van der Waals surface area contributed by atoms with Crippen molar-refractivity contribution in [1.29, 1.82) is 0 Å². The number of Topliss-reactive ketones (excluding diaryl/α,β-unsaturated/α-hetero) is 1. The number of ketones is 1. The Hall–Kier alpha value is -1.65. The van der Waals surface area contributed by atoms with Crippen molar-refractivity contribution in [3.8, 4) is 5.75 Å². The molecule has 0 heterocycles. The number of halogens is 1. The van der Waals surface area contributed by atoms with E-state index in [-0.39, 0.29) is 19.0 Å². The number of carbonyl (C=O) groups is 1. The minimum atomic E-state index is -0.0200. The van der Waals surface area contributed by atoms with E-state index in [1.165, 1.54) is 0 Å². The molecular formula is C17H17BrO3. The lowest BCUT2D eigenvalue weighted by Crippen LogP contribution is -2.03. The second-order valence-electron chi connectivity index (χ2n) is 4.65. The fraction of sp³-hybridized carbons (Fsp3) is 0.235. The summed E-state index contributed by atoms with van der Waals surface area (Å²) in [5.41, 5.74) is 1.83. The first kappa shape index (κ1) is 15.7. The lowest BCUT2D eigenvalue weighted by atomic mass is 10.0.